The van der Waals surface area contributed by atoms with E-state index in [2.05, 4.69) is 146 Å². The molecule has 9 nitrogen and oxygen atoms in total. The Morgan fingerprint density at radius 3 is 1.64 bits per heavy atom. The minimum atomic E-state index is 0.229. The van der Waals surface area contributed by atoms with Gasteiger partial charge in [0.15, 0.2) is 0 Å². The first-order valence-electron chi connectivity index (χ1n) is 26.3. The fraction of sp³-hybridized carbons (Fsp3) is 0.387. The normalized spacial score (nSPS) is 15.2. The van der Waals surface area contributed by atoms with Gasteiger partial charge in [0.25, 0.3) is 0 Å². The first-order valence-corrected chi connectivity index (χ1v) is 27.1. The average Bonchev–Trinajstić information content (AvgIpc) is 3.92. The van der Waals surface area contributed by atoms with E-state index in [9.17, 15) is 0 Å². The third-order valence-corrected chi connectivity index (χ3v) is 16.3. The number of hydrogen-bond donors (Lipinski definition) is 0. The summed E-state index contributed by atoms with van der Waals surface area (Å²) in [6, 6.07) is 45.8. The van der Waals surface area contributed by atoms with E-state index in [0.717, 1.165) is 161 Å². The lowest BCUT2D eigenvalue weighted by molar-refractivity contribution is -0.150. The van der Waals surface area contributed by atoms with Crippen LogP contribution in [0.15, 0.2) is 127 Å². The van der Waals surface area contributed by atoms with Gasteiger partial charge in [0.05, 0.1) is 75.3 Å². The molecular weight excluding hydrogens is 915 g/mol. The van der Waals surface area contributed by atoms with Crippen LogP contribution < -0.4 is 0 Å². The molecule has 3 aromatic heterocycles. The van der Waals surface area contributed by atoms with E-state index in [1.807, 2.05) is 11.3 Å². The van der Waals surface area contributed by atoms with Crippen molar-refractivity contribution in [2.45, 2.75) is 78.4 Å². The summed E-state index contributed by atoms with van der Waals surface area (Å²) >= 11 is 1.84. The summed E-state index contributed by atoms with van der Waals surface area (Å²) in [5.41, 5.74) is 8.83. The third-order valence-electron chi connectivity index (χ3n) is 15.2. The second kappa shape index (κ2) is 22.3. The molecule has 0 aliphatic carbocycles. The minimum Gasteiger partial charge on any atom is -0.381 e. The fourth-order valence-corrected chi connectivity index (χ4v) is 11.5. The highest BCUT2D eigenvalue weighted by Crippen LogP contribution is 2.44. The van der Waals surface area contributed by atoms with Crippen LogP contribution in [0.2, 0.25) is 0 Å². The predicted molar refractivity (Wildman–Crippen MR) is 293 cm³/mol. The SMILES string of the molecule is CCC1(COCCCCCOCc2ccc3sc4cc5c(cc4c3c2)c2cc(COCCCCCOCC3(CC)COC3)c3ccccc3c2n5-c2nc(-c3ccccc3)cc(-c3ccccc3)n2)COC1. The predicted octanol–water partition coefficient (Wildman–Crippen LogP) is 14.7. The lowest BCUT2D eigenvalue weighted by atomic mass is 9.84. The van der Waals surface area contributed by atoms with E-state index >= 15 is 0 Å². The minimum absolute atomic E-state index is 0.229. The molecule has 372 valence electrons. The zero-order valence-corrected chi connectivity index (χ0v) is 42.8. The summed E-state index contributed by atoms with van der Waals surface area (Å²) < 4.78 is 40.6. The maximum Gasteiger partial charge on any atom is 0.235 e. The maximum atomic E-state index is 6.52. The van der Waals surface area contributed by atoms with E-state index in [4.69, 9.17) is 38.4 Å². The van der Waals surface area contributed by atoms with Crippen molar-refractivity contribution in [1.82, 2.24) is 14.5 Å². The van der Waals surface area contributed by atoms with Crippen molar-refractivity contribution in [3.63, 3.8) is 0 Å². The lowest BCUT2D eigenvalue weighted by Crippen LogP contribution is -2.45. The molecule has 2 aliphatic heterocycles. The largest absolute Gasteiger partial charge is 0.381 e. The number of fused-ring (bicyclic) bond motifs is 8. The van der Waals surface area contributed by atoms with Crippen LogP contribution in [0.3, 0.4) is 0 Å². The average molecular weight is 982 g/mol. The van der Waals surface area contributed by atoms with E-state index < -0.39 is 0 Å². The highest BCUT2D eigenvalue weighted by molar-refractivity contribution is 7.25. The molecule has 2 aliphatic rings. The van der Waals surface area contributed by atoms with Crippen LogP contribution in [0.5, 0.6) is 0 Å². The van der Waals surface area contributed by atoms with Gasteiger partial charge in [-0.3, -0.25) is 4.57 Å². The van der Waals surface area contributed by atoms with Crippen molar-refractivity contribution in [3.05, 3.63) is 139 Å². The number of unbranched alkanes of at least 4 members (excludes halogenated alkanes) is 4. The van der Waals surface area contributed by atoms with Gasteiger partial charge in [0.2, 0.25) is 5.95 Å². The molecule has 0 amide bonds. The number of thiophene rings is 1. The van der Waals surface area contributed by atoms with Gasteiger partial charge in [-0.15, -0.1) is 11.3 Å². The van der Waals surface area contributed by atoms with Gasteiger partial charge in [0.1, 0.15) is 0 Å². The van der Waals surface area contributed by atoms with E-state index in [1.165, 1.54) is 36.7 Å². The van der Waals surface area contributed by atoms with Gasteiger partial charge < -0.3 is 28.4 Å². The summed E-state index contributed by atoms with van der Waals surface area (Å²) in [6.07, 6.45) is 8.49. The number of hydrogen-bond acceptors (Lipinski definition) is 9. The summed E-state index contributed by atoms with van der Waals surface area (Å²) in [5.74, 6) is 0.639. The molecule has 0 unspecified atom stereocenters. The van der Waals surface area contributed by atoms with Gasteiger partial charge in [-0.05, 0) is 104 Å². The topological polar surface area (TPSA) is 86.1 Å². The molecule has 0 bridgehead atoms. The molecule has 5 heterocycles. The van der Waals surface area contributed by atoms with Crippen LogP contribution >= 0.6 is 11.3 Å². The second-order valence-corrected chi connectivity index (χ2v) is 21.4. The Bertz CT molecular complexity index is 3200. The quantitative estimate of drug-likeness (QED) is 0.0524. The number of ether oxygens (including phenoxy) is 6. The summed E-state index contributed by atoms with van der Waals surface area (Å²) in [6.45, 7) is 13.5. The molecule has 0 N–H and O–H groups in total. The Morgan fingerprint density at radius 2 is 1.06 bits per heavy atom. The van der Waals surface area contributed by atoms with Gasteiger partial charge in [-0.1, -0.05) is 105 Å². The zero-order valence-electron chi connectivity index (χ0n) is 42.0. The molecule has 2 fully saturated rings. The highest BCUT2D eigenvalue weighted by Gasteiger charge is 2.37. The number of aromatic nitrogens is 3. The van der Waals surface area contributed by atoms with Crippen molar-refractivity contribution < 1.29 is 28.4 Å². The van der Waals surface area contributed by atoms with E-state index in [0.29, 0.717) is 25.8 Å². The Kier molecular flexibility index (Phi) is 15.1. The molecule has 0 radical (unpaired) electrons. The maximum absolute atomic E-state index is 6.52. The third kappa shape index (κ3) is 10.3. The Labute approximate surface area is 427 Å². The fourth-order valence-electron chi connectivity index (χ4n) is 10.4. The molecule has 2 saturated heterocycles. The van der Waals surface area contributed by atoms with E-state index in [1.54, 1.807) is 0 Å². The molecule has 0 atom stereocenters. The van der Waals surface area contributed by atoms with Crippen LogP contribution in [0.25, 0.3) is 81.2 Å². The summed E-state index contributed by atoms with van der Waals surface area (Å²) in [7, 11) is 0. The van der Waals surface area contributed by atoms with Crippen molar-refractivity contribution in [3.8, 4) is 28.5 Å². The molecule has 0 saturated carbocycles. The molecule has 6 aromatic carbocycles. The van der Waals surface area contributed by atoms with Crippen LogP contribution in [0, 0.1) is 10.8 Å². The van der Waals surface area contributed by atoms with Crippen molar-refractivity contribution in [1.29, 1.82) is 0 Å². The molecular formula is C62H67N3O6S. The van der Waals surface area contributed by atoms with Crippen molar-refractivity contribution in [2.24, 2.45) is 10.8 Å². The Hall–Kier alpha value is -5.56. The van der Waals surface area contributed by atoms with E-state index in [-0.39, 0.29) is 10.8 Å². The Morgan fingerprint density at radius 1 is 0.500 bits per heavy atom. The monoisotopic (exact) mass is 981 g/mol. The van der Waals surface area contributed by atoms with Gasteiger partial charge in [0, 0.05) is 84.7 Å². The van der Waals surface area contributed by atoms with Crippen LogP contribution in [0.1, 0.15) is 76.3 Å². The lowest BCUT2D eigenvalue weighted by Gasteiger charge is -2.40. The highest BCUT2D eigenvalue weighted by atomic mass is 32.1. The van der Waals surface area contributed by atoms with Crippen LogP contribution in [0.4, 0.5) is 0 Å². The summed E-state index contributed by atoms with van der Waals surface area (Å²) in [5, 5.41) is 7.13. The standard InChI is InChI=1S/C62H67N3O6S/c1-3-61(40-70-41-61)38-68-29-17-7-15-27-66-36-44-25-26-57-51(31-44)52-33-50-53-32-47(37-67-28-16-8-18-30-69-39-62(4-2)42-71-43-62)48-23-13-14-24-49(48)59(53)65(56(50)35-58(52)72-57)60-63-54(45-19-9-5-10-20-45)34-55(64-60)46-21-11-6-12-22-46/h5-6,9-14,19-26,31-35H,3-4,7-8,15-18,27-30,36-43H2,1-2H3. The van der Waals surface area contributed by atoms with Crippen molar-refractivity contribution >= 4 is 64.1 Å². The molecule has 9 aromatic rings. The van der Waals surface area contributed by atoms with Crippen molar-refractivity contribution in [2.75, 3.05) is 66.1 Å². The second-order valence-electron chi connectivity index (χ2n) is 20.3. The van der Waals surface area contributed by atoms with Crippen LogP contribution in [-0.2, 0) is 41.6 Å². The number of benzene rings is 6. The smallest absolute Gasteiger partial charge is 0.235 e. The van der Waals surface area contributed by atoms with Gasteiger partial charge in [-0.25, -0.2) is 9.97 Å². The first-order chi connectivity index (χ1) is 35.5. The Balaban J connectivity index is 0.903. The first kappa shape index (κ1) is 48.7. The number of rotatable bonds is 25. The van der Waals surface area contributed by atoms with Gasteiger partial charge >= 0.3 is 0 Å². The summed E-state index contributed by atoms with van der Waals surface area (Å²) in [4.78, 5) is 10.8. The molecule has 11 rings (SSSR count). The molecule has 0 spiro atoms. The molecule has 10 heteroatoms. The molecule has 72 heavy (non-hydrogen) atoms. The van der Waals surface area contributed by atoms with Crippen LogP contribution in [-0.4, -0.2) is 80.6 Å². The number of nitrogens with zero attached hydrogens (tertiary/aromatic N) is 3. The zero-order chi connectivity index (χ0) is 48.7. The van der Waals surface area contributed by atoms with Gasteiger partial charge in [-0.2, -0.15) is 0 Å².